The lowest BCUT2D eigenvalue weighted by Crippen LogP contribution is -2.30. The van der Waals surface area contributed by atoms with Gasteiger partial charge in [0.25, 0.3) is 0 Å². The highest BCUT2D eigenvalue weighted by atomic mass is 16.6. The van der Waals surface area contributed by atoms with E-state index in [1.807, 2.05) is 0 Å². The quantitative estimate of drug-likeness (QED) is 0.0261. The molecule has 1 atom stereocenters. The van der Waals surface area contributed by atoms with Crippen LogP contribution in [0.1, 0.15) is 335 Å². The molecule has 0 amide bonds. The molecule has 0 aromatic rings. The Morgan fingerprint density at radius 1 is 0.300 bits per heavy atom. The summed E-state index contributed by atoms with van der Waals surface area (Å²) in [5.74, 6) is -0.879. The molecule has 0 saturated heterocycles. The second-order valence-electron chi connectivity index (χ2n) is 21.0. The van der Waals surface area contributed by atoms with Crippen molar-refractivity contribution in [1.82, 2.24) is 0 Å². The smallest absolute Gasteiger partial charge is 0.306 e. The number of rotatable bonds is 57. The lowest BCUT2D eigenvalue weighted by atomic mass is 10.0. The zero-order valence-electron chi connectivity index (χ0n) is 47.1. The Hall–Kier alpha value is -2.37. The summed E-state index contributed by atoms with van der Waals surface area (Å²) in [7, 11) is 0. The van der Waals surface area contributed by atoms with Gasteiger partial charge in [0.2, 0.25) is 0 Å². The van der Waals surface area contributed by atoms with Gasteiger partial charge in [-0.15, -0.1) is 0 Å². The molecule has 0 radical (unpaired) electrons. The van der Waals surface area contributed by atoms with E-state index in [1.165, 1.54) is 199 Å². The molecule has 0 aliphatic rings. The van der Waals surface area contributed by atoms with Crippen molar-refractivity contribution in [2.75, 3.05) is 13.2 Å². The number of hydrogen-bond acceptors (Lipinski definition) is 6. The van der Waals surface area contributed by atoms with Crippen molar-refractivity contribution < 1.29 is 28.6 Å². The molecule has 0 aliphatic heterocycles. The molecule has 0 spiro atoms. The highest BCUT2D eigenvalue weighted by molar-refractivity contribution is 5.71. The number of carbonyl (C=O) groups is 3. The molecule has 1 unspecified atom stereocenters. The van der Waals surface area contributed by atoms with Crippen molar-refractivity contribution in [1.29, 1.82) is 0 Å². The topological polar surface area (TPSA) is 78.9 Å². The van der Waals surface area contributed by atoms with Crippen LogP contribution in [0.2, 0.25) is 0 Å². The molecule has 0 aromatic carbocycles. The minimum Gasteiger partial charge on any atom is -0.462 e. The lowest BCUT2D eigenvalue weighted by molar-refractivity contribution is -0.167. The van der Waals surface area contributed by atoms with Crippen molar-refractivity contribution in [2.24, 2.45) is 0 Å². The van der Waals surface area contributed by atoms with Crippen LogP contribution in [0.25, 0.3) is 0 Å². The molecule has 0 fully saturated rings. The number of unbranched alkanes of at least 4 members (excludes halogenated alkanes) is 40. The number of allylic oxidation sites excluding steroid dienone is 6. The highest BCUT2D eigenvalue weighted by Crippen LogP contribution is 2.18. The summed E-state index contributed by atoms with van der Waals surface area (Å²) >= 11 is 0. The van der Waals surface area contributed by atoms with E-state index in [2.05, 4.69) is 57.2 Å². The molecule has 0 bridgehead atoms. The van der Waals surface area contributed by atoms with Gasteiger partial charge in [0, 0.05) is 19.3 Å². The maximum absolute atomic E-state index is 12.8. The number of esters is 3. The summed E-state index contributed by atoms with van der Waals surface area (Å²) < 4.78 is 16.8. The fourth-order valence-corrected chi connectivity index (χ4v) is 9.28. The van der Waals surface area contributed by atoms with E-state index >= 15 is 0 Å². The minimum atomic E-state index is -0.776. The van der Waals surface area contributed by atoms with Gasteiger partial charge in [-0.2, -0.15) is 0 Å². The molecule has 0 saturated carbocycles. The summed E-state index contributed by atoms with van der Waals surface area (Å²) in [4.78, 5) is 38.0. The maximum atomic E-state index is 12.8. The van der Waals surface area contributed by atoms with Gasteiger partial charge in [0.1, 0.15) is 13.2 Å². The van der Waals surface area contributed by atoms with Crippen LogP contribution in [0, 0.1) is 0 Å². The molecule has 6 heteroatoms. The Morgan fingerprint density at radius 3 is 0.871 bits per heavy atom. The van der Waals surface area contributed by atoms with Crippen LogP contribution in [-0.4, -0.2) is 37.2 Å². The molecule has 6 nitrogen and oxygen atoms in total. The largest absolute Gasteiger partial charge is 0.462 e. The van der Waals surface area contributed by atoms with E-state index in [0.29, 0.717) is 19.3 Å². The standard InChI is InChI=1S/C64H118O6/c1-4-7-10-13-16-19-21-23-25-26-27-28-29-30-31-32-33-34-35-36-37-38-40-41-43-45-48-51-54-57-63(66)69-60-61(59-68-62(65)56-53-50-47-18-15-12-9-6-3)70-64(67)58-55-52-49-46-44-42-39-24-22-20-17-14-11-8-5-2/h8,11,17,20,24,39,61H,4-7,9-10,12-16,18-19,21-23,25-38,40-60H2,1-3H3/b11-8-,20-17-,39-24-. The van der Waals surface area contributed by atoms with E-state index in [9.17, 15) is 14.4 Å². The first kappa shape index (κ1) is 67.6. The number of carbonyl (C=O) groups excluding carboxylic acids is 3. The first-order chi connectivity index (χ1) is 34.5. The zero-order chi connectivity index (χ0) is 50.7. The molecule has 70 heavy (non-hydrogen) atoms. The van der Waals surface area contributed by atoms with Crippen molar-refractivity contribution in [3.8, 4) is 0 Å². The Labute approximate surface area is 435 Å². The monoisotopic (exact) mass is 983 g/mol. The van der Waals surface area contributed by atoms with Gasteiger partial charge in [-0.05, 0) is 51.4 Å². The van der Waals surface area contributed by atoms with Gasteiger partial charge in [-0.1, -0.05) is 301 Å². The van der Waals surface area contributed by atoms with Crippen molar-refractivity contribution >= 4 is 17.9 Å². The molecule has 0 aromatic heterocycles. The Bertz CT molecular complexity index is 1170. The van der Waals surface area contributed by atoms with Crippen LogP contribution in [-0.2, 0) is 28.6 Å². The molecular weight excluding hydrogens is 865 g/mol. The minimum absolute atomic E-state index is 0.0750. The average molecular weight is 984 g/mol. The van der Waals surface area contributed by atoms with Gasteiger partial charge in [0.05, 0.1) is 0 Å². The summed E-state index contributed by atoms with van der Waals surface area (Å²) in [6.45, 7) is 6.53. The molecule has 410 valence electrons. The van der Waals surface area contributed by atoms with E-state index in [0.717, 1.165) is 96.3 Å². The van der Waals surface area contributed by atoms with E-state index in [1.54, 1.807) is 0 Å². The van der Waals surface area contributed by atoms with Crippen LogP contribution >= 0.6 is 0 Å². The normalized spacial score (nSPS) is 12.2. The van der Waals surface area contributed by atoms with Crippen LogP contribution in [0.4, 0.5) is 0 Å². The molecule has 0 aliphatic carbocycles. The van der Waals surface area contributed by atoms with Crippen LogP contribution in [0.3, 0.4) is 0 Å². The van der Waals surface area contributed by atoms with Gasteiger partial charge in [0.15, 0.2) is 6.10 Å². The lowest BCUT2D eigenvalue weighted by Gasteiger charge is -2.18. The fraction of sp³-hybridized carbons (Fsp3) is 0.859. The second kappa shape index (κ2) is 59.2. The third kappa shape index (κ3) is 56.5. The van der Waals surface area contributed by atoms with Crippen LogP contribution < -0.4 is 0 Å². The molecular formula is C64H118O6. The van der Waals surface area contributed by atoms with Crippen molar-refractivity contribution in [2.45, 2.75) is 341 Å². The SMILES string of the molecule is CC/C=C\C/C=C\C/C=C\CCCCCCCC(=O)OC(COC(=O)CCCCCCCCCC)COC(=O)CCCCCCCCCCCCCCCCCCCCCCCCCCCCCCC. The maximum Gasteiger partial charge on any atom is 0.306 e. The fourth-order valence-electron chi connectivity index (χ4n) is 9.28. The van der Waals surface area contributed by atoms with E-state index in [-0.39, 0.29) is 31.1 Å². The first-order valence-electron chi connectivity index (χ1n) is 31.0. The van der Waals surface area contributed by atoms with Crippen molar-refractivity contribution in [3.05, 3.63) is 36.5 Å². The average Bonchev–Trinajstić information content (AvgIpc) is 3.36. The van der Waals surface area contributed by atoms with E-state index < -0.39 is 6.10 Å². The summed E-state index contributed by atoms with van der Waals surface area (Å²) in [5, 5.41) is 0. The van der Waals surface area contributed by atoms with Crippen LogP contribution in [0.15, 0.2) is 36.5 Å². The van der Waals surface area contributed by atoms with Gasteiger partial charge in [-0.3, -0.25) is 14.4 Å². The van der Waals surface area contributed by atoms with Gasteiger partial charge >= 0.3 is 17.9 Å². The van der Waals surface area contributed by atoms with E-state index in [4.69, 9.17) is 14.2 Å². The summed E-state index contributed by atoms with van der Waals surface area (Å²) in [6, 6.07) is 0. The predicted molar refractivity (Wildman–Crippen MR) is 302 cm³/mol. The highest BCUT2D eigenvalue weighted by Gasteiger charge is 2.19. The summed E-state index contributed by atoms with van der Waals surface area (Å²) in [6.07, 6.45) is 71.9. The van der Waals surface area contributed by atoms with Gasteiger partial charge in [-0.25, -0.2) is 0 Å². The molecule has 0 N–H and O–H groups in total. The third-order valence-corrected chi connectivity index (χ3v) is 13.9. The predicted octanol–water partition coefficient (Wildman–Crippen LogP) is 20.8. The summed E-state index contributed by atoms with van der Waals surface area (Å²) in [5.41, 5.74) is 0. The third-order valence-electron chi connectivity index (χ3n) is 13.9. The van der Waals surface area contributed by atoms with Crippen LogP contribution in [0.5, 0.6) is 0 Å². The second-order valence-corrected chi connectivity index (χ2v) is 21.0. The zero-order valence-corrected chi connectivity index (χ0v) is 47.1. The Morgan fingerprint density at radius 2 is 0.557 bits per heavy atom. The van der Waals surface area contributed by atoms with Crippen molar-refractivity contribution in [3.63, 3.8) is 0 Å². The Balaban J connectivity index is 4.04. The Kier molecular flexibility index (Phi) is 57.2. The first-order valence-corrected chi connectivity index (χ1v) is 31.0. The number of hydrogen-bond donors (Lipinski definition) is 0. The molecule has 0 rings (SSSR count). The number of ether oxygens (including phenoxy) is 3. The van der Waals surface area contributed by atoms with Gasteiger partial charge < -0.3 is 14.2 Å². The molecule has 0 heterocycles.